The molecule has 0 aliphatic rings. The fourth-order valence-electron chi connectivity index (χ4n) is 2.20. The van der Waals surface area contributed by atoms with E-state index < -0.39 is 0 Å². The molecule has 1 unspecified atom stereocenters. The molecule has 0 aliphatic carbocycles. The lowest BCUT2D eigenvalue weighted by molar-refractivity contribution is 0.145. The number of pyridine rings is 1. The van der Waals surface area contributed by atoms with Crippen molar-refractivity contribution in [3.05, 3.63) is 59.4 Å². The molecular weight excluding hydrogens is 266 g/mol. The molecule has 0 spiro atoms. The van der Waals surface area contributed by atoms with Gasteiger partial charge in [0.15, 0.2) is 0 Å². The smallest absolute Gasteiger partial charge is 0.124 e. The molecule has 5 heteroatoms. The monoisotopic (exact) mass is 287 g/mol. The van der Waals surface area contributed by atoms with Crippen LogP contribution in [0.3, 0.4) is 0 Å². The molecule has 0 radical (unpaired) electrons. The summed E-state index contributed by atoms with van der Waals surface area (Å²) < 4.78 is 10.8. The molecule has 0 aliphatic heterocycles. The number of hydrogen-bond acceptors (Lipinski definition) is 5. The maximum atomic E-state index is 5.77. The Hall–Kier alpha value is -1.95. The molecule has 5 nitrogen and oxygen atoms in total. The number of aryl methyl sites for hydroxylation is 1. The molecule has 112 valence electrons. The van der Waals surface area contributed by atoms with Crippen LogP contribution in [0.1, 0.15) is 22.9 Å². The summed E-state index contributed by atoms with van der Waals surface area (Å²) in [6, 6.07) is 11.5. The van der Waals surface area contributed by atoms with Crippen LogP contribution in [-0.2, 0) is 4.74 Å². The van der Waals surface area contributed by atoms with Crippen molar-refractivity contribution in [1.29, 1.82) is 0 Å². The lowest BCUT2D eigenvalue weighted by atomic mass is 9.99. The number of methoxy groups -OCH3 is 1. The van der Waals surface area contributed by atoms with Crippen molar-refractivity contribution in [3.8, 4) is 5.75 Å². The largest absolute Gasteiger partial charge is 0.491 e. The van der Waals surface area contributed by atoms with Gasteiger partial charge in [-0.15, -0.1) is 0 Å². The number of ether oxygens (including phenoxy) is 2. The summed E-state index contributed by atoms with van der Waals surface area (Å²) in [6.07, 6.45) is 1.76. The van der Waals surface area contributed by atoms with E-state index >= 15 is 0 Å². The van der Waals surface area contributed by atoms with E-state index in [2.05, 4.69) is 10.4 Å². The molecule has 3 N–H and O–H groups in total. The number of hydrogen-bond donors (Lipinski definition) is 2. The second-order valence-corrected chi connectivity index (χ2v) is 4.68. The van der Waals surface area contributed by atoms with Crippen LogP contribution in [0.2, 0.25) is 0 Å². The minimum absolute atomic E-state index is 0.218. The molecule has 21 heavy (non-hydrogen) atoms. The minimum Gasteiger partial charge on any atom is -0.491 e. The minimum atomic E-state index is -0.218. The lowest BCUT2D eigenvalue weighted by Crippen LogP contribution is -2.30. The molecule has 0 saturated carbocycles. The summed E-state index contributed by atoms with van der Waals surface area (Å²) in [5.74, 6) is 6.54. The highest BCUT2D eigenvalue weighted by atomic mass is 16.5. The first-order chi connectivity index (χ1) is 10.3. The fraction of sp³-hybridized carbons (Fsp3) is 0.312. The van der Waals surface area contributed by atoms with E-state index in [0.29, 0.717) is 13.2 Å². The van der Waals surface area contributed by atoms with Gasteiger partial charge in [-0.05, 0) is 24.6 Å². The van der Waals surface area contributed by atoms with Gasteiger partial charge in [0, 0.05) is 18.9 Å². The van der Waals surface area contributed by atoms with E-state index in [0.717, 1.165) is 22.6 Å². The zero-order chi connectivity index (χ0) is 15.1. The maximum Gasteiger partial charge on any atom is 0.124 e. The molecule has 0 saturated heterocycles. The van der Waals surface area contributed by atoms with E-state index in [4.69, 9.17) is 15.3 Å². The first kappa shape index (κ1) is 15.4. The van der Waals surface area contributed by atoms with Crippen LogP contribution in [0.4, 0.5) is 0 Å². The maximum absolute atomic E-state index is 5.77. The SMILES string of the molecule is COCCOc1ccccc1C(NN)c1ncccc1C. The summed E-state index contributed by atoms with van der Waals surface area (Å²) in [5.41, 5.74) is 5.76. The average molecular weight is 287 g/mol. The molecule has 1 aromatic heterocycles. The van der Waals surface area contributed by atoms with Gasteiger partial charge in [0.05, 0.1) is 18.3 Å². The van der Waals surface area contributed by atoms with E-state index in [-0.39, 0.29) is 6.04 Å². The summed E-state index contributed by atoms with van der Waals surface area (Å²) in [4.78, 5) is 4.44. The topological polar surface area (TPSA) is 69.4 Å². The predicted octanol–water partition coefficient (Wildman–Crippen LogP) is 1.97. The molecule has 0 amide bonds. The van der Waals surface area contributed by atoms with Crippen LogP contribution in [0, 0.1) is 6.92 Å². The Balaban J connectivity index is 2.32. The van der Waals surface area contributed by atoms with Crippen LogP contribution in [0.5, 0.6) is 5.75 Å². The third-order valence-electron chi connectivity index (χ3n) is 3.27. The lowest BCUT2D eigenvalue weighted by Gasteiger charge is -2.20. The molecule has 0 fully saturated rings. The molecule has 1 atom stereocenters. The molecule has 2 aromatic rings. The number of para-hydroxylation sites is 1. The highest BCUT2D eigenvalue weighted by molar-refractivity contribution is 5.41. The zero-order valence-corrected chi connectivity index (χ0v) is 12.4. The van der Waals surface area contributed by atoms with Crippen molar-refractivity contribution in [2.75, 3.05) is 20.3 Å². The van der Waals surface area contributed by atoms with Gasteiger partial charge in [-0.1, -0.05) is 24.3 Å². The van der Waals surface area contributed by atoms with Crippen molar-refractivity contribution in [2.24, 2.45) is 5.84 Å². The number of nitrogens with one attached hydrogen (secondary N) is 1. The van der Waals surface area contributed by atoms with E-state index in [9.17, 15) is 0 Å². The third kappa shape index (κ3) is 3.78. The number of benzene rings is 1. The standard InChI is InChI=1S/C16H21N3O2/c1-12-6-5-9-18-15(12)16(19-17)13-7-3-4-8-14(13)21-11-10-20-2/h3-9,16,19H,10-11,17H2,1-2H3. The average Bonchev–Trinajstić information content (AvgIpc) is 2.51. The number of nitrogens with zero attached hydrogens (tertiary/aromatic N) is 1. The van der Waals surface area contributed by atoms with Crippen LogP contribution in [-0.4, -0.2) is 25.3 Å². The van der Waals surface area contributed by atoms with Gasteiger partial charge >= 0.3 is 0 Å². The highest BCUT2D eigenvalue weighted by Crippen LogP contribution is 2.29. The van der Waals surface area contributed by atoms with Crippen LogP contribution in [0.25, 0.3) is 0 Å². The Morgan fingerprint density at radius 3 is 2.71 bits per heavy atom. The number of nitrogens with two attached hydrogens (primary N) is 1. The summed E-state index contributed by atoms with van der Waals surface area (Å²) in [7, 11) is 1.65. The molecular formula is C16H21N3O2. The van der Waals surface area contributed by atoms with E-state index in [1.165, 1.54) is 0 Å². The van der Waals surface area contributed by atoms with Crippen molar-refractivity contribution in [3.63, 3.8) is 0 Å². The molecule has 1 aromatic carbocycles. The fourth-order valence-corrected chi connectivity index (χ4v) is 2.20. The third-order valence-corrected chi connectivity index (χ3v) is 3.27. The Morgan fingerprint density at radius 2 is 2.00 bits per heavy atom. The van der Waals surface area contributed by atoms with Crippen LogP contribution < -0.4 is 16.0 Å². The number of aromatic nitrogens is 1. The Kier molecular flexibility index (Phi) is 5.68. The Morgan fingerprint density at radius 1 is 1.19 bits per heavy atom. The molecule has 2 rings (SSSR count). The molecule has 1 heterocycles. The Bertz CT molecular complexity index is 575. The van der Waals surface area contributed by atoms with Crippen molar-refractivity contribution >= 4 is 0 Å². The summed E-state index contributed by atoms with van der Waals surface area (Å²) in [6.45, 7) is 3.05. The van der Waals surface area contributed by atoms with Crippen molar-refractivity contribution in [1.82, 2.24) is 10.4 Å². The van der Waals surface area contributed by atoms with Gasteiger partial charge < -0.3 is 9.47 Å². The summed E-state index contributed by atoms with van der Waals surface area (Å²) in [5, 5.41) is 0. The van der Waals surface area contributed by atoms with Crippen LogP contribution in [0.15, 0.2) is 42.6 Å². The second-order valence-electron chi connectivity index (χ2n) is 4.68. The predicted molar refractivity (Wildman–Crippen MR) is 82.0 cm³/mol. The van der Waals surface area contributed by atoms with Crippen molar-refractivity contribution < 1.29 is 9.47 Å². The first-order valence-corrected chi connectivity index (χ1v) is 6.86. The highest BCUT2D eigenvalue weighted by Gasteiger charge is 2.19. The normalized spacial score (nSPS) is 12.1. The van der Waals surface area contributed by atoms with E-state index in [1.807, 2.05) is 43.3 Å². The van der Waals surface area contributed by atoms with Gasteiger partial charge in [0.25, 0.3) is 0 Å². The van der Waals surface area contributed by atoms with Crippen LogP contribution >= 0.6 is 0 Å². The summed E-state index contributed by atoms with van der Waals surface area (Å²) >= 11 is 0. The quantitative estimate of drug-likeness (QED) is 0.463. The van der Waals surface area contributed by atoms with Crippen molar-refractivity contribution in [2.45, 2.75) is 13.0 Å². The second kappa shape index (κ2) is 7.73. The molecule has 0 bridgehead atoms. The Labute approximate surface area is 125 Å². The van der Waals surface area contributed by atoms with Gasteiger partial charge in [0.2, 0.25) is 0 Å². The zero-order valence-electron chi connectivity index (χ0n) is 12.4. The number of rotatable bonds is 7. The van der Waals surface area contributed by atoms with Gasteiger partial charge in [-0.2, -0.15) is 0 Å². The van der Waals surface area contributed by atoms with E-state index in [1.54, 1.807) is 13.3 Å². The van der Waals surface area contributed by atoms with Gasteiger partial charge in [-0.3, -0.25) is 10.8 Å². The van der Waals surface area contributed by atoms with Gasteiger partial charge in [-0.25, -0.2) is 5.43 Å². The number of hydrazine groups is 1. The first-order valence-electron chi connectivity index (χ1n) is 6.86. The van der Waals surface area contributed by atoms with Gasteiger partial charge in [0.1, 0.15) is 12.4 Å².